The fourth-order valence-electron chi connectivity index (χ4n) is 2.97. The number of benzene rings is 2. The minimum absolute atomic E-state index is 0.135. The molecule has 0 aliphatic carbocycles. The molecule has 6 heteroatoms. The Morgan fingerprint density at radius 1 is 0.964 bits per heavy atom. The van der Waals surface area contributed by atoms with Crippen LogP contribution in [0.5, 0.6) is 5.75 Å². The van der Waals surface area contributed by atoms with Crippen LogP contribution in [0.25, 0.3) is 10.9 Å². The third-order valence-corrected chi connectivity index (χ3v) is 4.91. The number of para-hydroxylation sites is 1. The molecule has 0 saturated carbocycles. The molecule has 0 spiro atoms. The van der Waals surface area contributed by atoms with E-state index in [1.807, 2.05) is 36.4 Å². The van der Waals surface area contributed by atoms with Gasteiger partial charge < -0.3 is 9.84 Å². The monoisotopic (exact) mass is 389 g/mol. The van der Waals surface area contributed by atoms with Crippen LogP contribution in [-0.4, -0.2) is 21.9 Å². The summed E-state index contributed by atoms with van der Waals surface area (Å²) in [5.74, 6) is 0.611. The average molecular weight is 389 g/mol. The highest BCUT2D eigenvalue weighted by molar-refractivity contribution is 5.78. The predicted molar refractivity (Wildman–Crippen MR) is 102 cm³/mol. The topological polar surface area (TPSA) is 42.4 Å². The van der Waals surface area contributed by atoms with E-state index in [-0.39, 0.29) is 19.3 Å². The molecule has 1 N–H and O–H groups in total. The van der Waals surface area contributed by atoms with Crippen molar-refractivity contribution >= 4 is 10.9 Å². The highest BCUT2D eigenvalue weighted by Gasteiger charge is 2.51. The number of aromatic nitrogens is 1. The van der Waals surface area contributed by atoms with Crippen molar-refractivity contribution in [3.63, 3.8) is 0 Å². The molecule has 0 amide bonds. The van der Waals surface area contributed by atoms with Crippen molar-refractivity contribution in [2.45, 2.75) is 44.6 Å². The number of rotatable bonds is 7. The average Bonchev–Trinajstić information content (AvgIpc) is 2.70. The van der Waals surface area contributed by atoms with Crippen LogP contribution in [0, 0.1) is 0 Å². The first-order valence-electron chi connectivity index (χ1n) is 9.16. The van der Waals surface area contributed by atoms with Crippen LogP contribution >= 0.6 is 0 Å². The van der Waals surface area contributed by atoms with E-state index < -0.39 is 11.8 Å². The van der Waals surface area contributed by atoms with Crippen LogP contribution in [0.2, 0.25) is 0 Å². The highest BCUT2D eigenvalue weighted by Crippen LogP contribution is 2.36. The summed E-state index contributed by atoms with van der Waals surface area (Å²) in [5, 5.41) is 10.9. The molecule has 0 aliphatic rings. The van der Waals surface area contributed by atoms with Gasteiger partial charge in [-0.3, -0.25) is 0 Å². The lowest BCUT2D eigenvalue weighted by molar-refractivity contribution is -0.263. The summed E-state index contributed by atoms with van der Waals surface area (Å²) in [6.45, 7) is 1.64. The maximum absolute atomic E-state index is 13.0. The Hall–Kier alpha value is -2.60. The Balaban J connectivity index is 1.58. The molecule has 1 atom stereocenters. The number of fused-ring (bicyclic) bond motifs is 1. The summed E-state index contributed by atoms with van der Waals surface area (Å²) in [6.07, 6.45) is -5.22. The Morgan fingerprint density at radius 3 is 2.36 bits per heavy atom. The maximum atomic E-state index is 13.0. The molecule has 0 fully saturated rings. The number of hydrogen-bond donors (Lipinski definition) is 1. The fourth-order valence-corrected chi connectivity index (χ4v) is 2.97. The van der Waals surface area contributed by atoms with E-state index >= 15 is 0 Å². The van der Waals surface area contributed by atoms with Gasteiger partial charge in [0.25, 0.3) is 0 Å². The summed E-state index contributed by atoms with van der Waals surface area (Å²) in [4.78, 5) is 4.54. The second-order valence-electron chi connectivity index (χ2n) is 6.81. The molecule has 0 unspecified atom stereocenters. The summed E-state index contributed by atoms with van der Waals surface area (Å²) >= 11 is 0. The van der Waals surface area contributed by atoms with Gasteiger partial charge in [0.15, 0.2) is 5.60 Å². The minimum Gasteiger partial charge on any atom is -0.487 e. The van der Waals surface area contributed by atoms with Gasteiger partial charge in [-0.05, 0) is 49.1 Å². The van der Waals surface area contributed by atoms with Crippen molar-refractivity contribution < 1.29 is 23.0 Å². The van der Waals surface area contributed by atoms with Crippen LogP contribution in [0.4, 0.5) is 13.2 Å². The lowest BCUT2D eigenvalue weighted by Crippen LogP contribution is -2.44. The van der Waals surface area contributed by atoms with E-state index in [9.17, 15) is 18.3 Å². The van der Waals surface area contributed by atoms with Gasteiger partial charge in [-0.2, -0.15) is 13.2 Å². The minimum atomic E-state index is -4.63. The molecule has 28 heavy (non-hydrogen) atoms. The number of aliphatic hydroxyl groups is 1. The van der Waals surface area contributed by atoms with Gasteiger partial charge >= 0.3 is 6.18 Å². The number of nitrogens with zero attached hydrogens (tertiary/aromatic N) is 1. The first-order valence-corrected chi connectivity index (χ1v) is 9.16. The lowest BCUT2D eigenvalue weighted by atomic mass is 9.92. The summed E-state index contributed by atoms with van der Waals surface area (Å²) in [5.41, 5.74) is -0.246. The van der Waals surface area contributed by atoms with Crippen LogP contribution < -0.4 is 4.74 Å². The number of alkyl halides is 3. The first-order chi connectivity index (χ1) is 13.3. The zero-order valence-electron chi connectivity index (χ0n) is 15.5. The molecule has 148 valence electrons. The number of hydrogen-bond acceptors (Lipinski definition) is 3. The maximum Gasteiger partial charge on any atom is 0.417 e. The molecular formula is C22H22F3NO2. The largest absolute Gasteiger partial charge is 0.487 e. The normalized spacial score (nSPS) is 14.0. The van der Waals surface area contributed by atoms with Crippen molar-refractivity contribution in [2.24, 2.45) is 0 Å². The molecule has 0 radical (unpaired) electrons. The Bertz CT molecular complexity index is 925. The van der Waals surface area contributed by atoms with Crippen molar-refractivity contribution in [3.8, 4) is 5.75 Å². The quantitative estimate of drug-likeness (QED) is 0.584. The van der Waals surface area contributed by atoms with E-state index in [1.54, 1.807) is 24.3 Å². The van der Waals surface area contributed by atoms with Gasteiger partial charge in [0.2, 0.25) is 0 Å². The highest BCUT2D eigenvalue weighted by atomic mass is 19.4. The third-order valence-electron chi connectivity index (χ3n) is 4.91. The van der Waals surface area contributed by atoms with E-state index in [0.717, 1.165) is 16.6 Å². The summed E-state index contributed by atoms with van der Waals surface area (Å²) in [6, 6.07) is 18.6. The molecule has 1 aromatic heterocycles. The van der Waals surface area contributed by atoms with Gasteiger partial charge in [0.1, 0.15) is 12.4 Å². The number of ether oxygens (including phenoxy) is 1. The standard InChI is InChI=1S/C22H22F3NO2/c1-2-21(27,22(23,24)25)14-13-16-7-11-19(12-8-16)28-15-18-10-9-17-5-3-4-6-20(17)26-18/h3-12,27H,2,13-15H2,1H3/t21-/m0/s1. The smallest absolute Gasteiger partial charge is 0.417 e. The van der Waals surface area contributed by atoms with Crippen molar-refractivity contribution in [1.29, 1.82) is 0 Å². The van der Waals surface area contributed by atoms with E-state index in [1.165, 1.54) is 6.92 Å². The number of aryl methyl sites for hydroxylation is 1. The molecule has 3 nitrogen and oxygen atoms in total. The molecule has 1 heterocycles. The van der Waals surface area contributed by atoms with Crippen LogP contribution in [0.1, 0.15) is 31.0 Å². The van der Waals surface area contributed by atoms with Gasteiger partial charge in [0.05, 0.1) is 11.2 Å². The van der Waals surface area contributed by atoms with Gasteiger partial charge in [-0.1, -0.05) is 43.3 Å². The van der Waals surface area contributed by atoms with Gasteiger partial charge in [-0.25, -0.2) is 4.98 Å². The van der Waals surface area contributed by atoms with E-state index in [4.69, 9.17) is 4.74 Å². The van der Waals surface area contributed by atoms with Gasteiger partial charge in [0, 0.05) is 5.39 Å². The van der Waals surface area contributed by atoms with E-state index in [2.05, 4.69) is 4.98 Å². The number of halogens is 3. The molecule has 3 aromatic rings. The summed E-state index contributed by atoms with van der Waals surface area (Å²) < 4.78 is 44.6. The SMILES string of the molecule is CC[C@](O)(CCc1ccc(OCc2ccc3ccccc3n2)cc1)C(F)(F)F. The first kappa shape index (κ1) is 20.1. The Morgan fingerprint density at radius 2 is 1.68 bits per heavy atom. The molecular weight excluding hydrogens is 367 g/mol. The molecule has 2 aromatic carbocycles. The Labute approximate surface area is 161 Å². The fraction of sp³-hybridized carbons (Fsp3) is 0.318. The van der Waals surface area contributed by atoms with Gasteiger partial charge in [-0.15, -0.1) is 0 Å². The number of pyridine rings is 1. The zero-order chi connectivity index (χ0) is 20.2. The van der Waals surface area contributed by atoms with Crippen LogP contribution in [0.3, 0.4) is 0 Å². The van der Waals surface area contributed by atoms with Crippen molar-refractivity contribution in [3.05, 3.63) is 71.9 Å². The zero-order valence-corrected chi connectivity index (χ0v) is 15.5. The van der Waals surface area contributed by atoms with E-state index in [0.29, 0.717) is 17.9 Å². The second kappa shape index (κ2) is 8.19. The molecule has 3 rings (SSSR count). The summed E-state index contributed by atoms with van der Waals surface area (Å²) in [7, 11) is 0. The second-order valence-corrected chi connectivity index (χ2v) is 6.81. The van der Waals surface area contributed by atoms with Crippen molar-refractivity contribution in [1.82, 2.24) is 4.98 Å². The van der Waals surface area contributed by atoms with Crippen LogP contribution in [-0.2, 0) is 13.0 Å². The lowest BCUT2D eigenvalue weighted by Gasteiger charge is -2.29. The van der Waals surface area contributed by atoms with Crippen LogP contribution in [0.15, 0.2) is 60.7 Å². The molecule has 0 saturated heterocycles. The Kier molecular flexibility index (Phi) is 5.89. The third kappa shape index (κ3) is 4.62. The molecule has 0 aliphatic heterocycles. The predicted octanol–water partition coefficient (Wildman–Crippen LogP) is 5.45. The van der Waals surface area contributed by atoms with Crippen molar-refractivity contribution in [2.75, 3.05) is 0 Å². The molecule has 0 bridgehead atoms.